The minimum absolute atomic E-state index is 0.179. The number of amides is 1. The number of nitrogen functional groups attached to an aromatic ring is 1. The molecule has 0 saturated carbocycles. The highest BCUT2D eigenvalue weighted by molar-refractivity contribution is 6.42. The zero-order valence-corrected chi connectivity index (χ0v) is 18.6. The molecule has 1 atom stereocenters. The standard InChI is InChI=1S/C22H20Cl2FN5O2/c1-13(32-19-6-2-4-17(23)20(19)24)22(31)28-11-3-5-18-16(12-26)21(27)30(29-18)15-9-7-14(25)8-10-15/h2,4,6-10,13H,3,5,11,27H2,1H3,(H,28,31). The van der Waals surface area contributed by atoms with E-state index in [0.29, 0.717) is 41.5 Å². The van der Waals surface area contributed by atoms with Gasteiger partial charge < -0.3 is 15.8 Å². The van der Waals surface area contributed by atoms with Crippen molar-refractivity contribution in [2.75, 3.05) is 12.3 Å². The van der Waals surface area contributed by atoms with Gasteiger partial charge in [0.25, 0.3) is 5.91 Å². The van der Waals surface area contributed by atoms with Crippen LogP contribution in [0.25, 0.3) is 5.69 Å². The zero-order chi connectivity index (χ0) is 23.3. The summed E-state index contributed by atoms with van der Waals surface area (Å²) in [5, 5.41) is 17.2. The fourth-order valence-corrected chi connectivity index (χ4v) is 3.32. The van der Waals surface area contributed by atoms with E-state index in [2.05, 4.69) is 16.5 Å². The van der Waals surface area contributed by atoms with Gasteiger partial charge in [-0.3, -0.25) is 4.79 Å². The Kier molecular flexibility index (Phi) is 7.57. The topological polar surface area (TPSA) is 106 Å². The lowest BCUT2D eigenvalue weighted by molar-refractivity contribution is -0.127. The molecule has 3 N–H and O–H groups in total. The average Bonchev–Trinajstić information content (AvgIpc) is 3.09. The van der Waals surface area contributed by atoms with Gasteiger partial charge in [-0.2, -0.15) is 10.4 Å². The van der Waals surface area contributed by atoms with Crippen LogP contribution in [-0.4, -0.2) is 28.3 Å². The van der Waals surface area contributed by atoms with Gasteiger partial charge in [-0.05, 0) is 56.2 Å². The van der Waals surface area contributed by atoms with Crippen LogP contribution in [0.3, 0.4) is 0 Å². The molecule has 1 aromatic heterocycles. The molecule has 1 heterocycles. The Morgan fingerprint density at radius 3 is 2.72 bits per heavy atom. The summed E-state index contributed by atoms with van der Waals surface area (Å²) in [7, 11) is 0. The number of rotatable bonds is 8. The van der Waals surface area contributed by atoms with E-state index in [0.717, 1.165) is 0 Å². The first kappa shape index (κ1) is 23.4. The van der Waals surface area contributed by atoms with Crippen LogP contribution < -0.4 is 15.8 Å². The maximum absolute atomic E-state index is 13.2. The van der Waals surface area contributed by atoms with E-state index < -0.39 is 6.10 Å². The van der Waals surface area contributed by atoms with Gasteiger partial charge in [-0.1, -0.05) is 29.3 Å². The molecule has 0 spiro atoms. The third-order valence-corrected chi connectivity index (χ3v) is 5.46. The van der Waals surface area contributed by atoms with Crippen molar-refractivity contribution in [3.8, 4) is 17.5 Å². The van der Waals surface area contributed by atoms with E-state index in [1.165, 1.54) is 28.9 Å². The number of carbonyl (C=O) groups excluding carboxylic acids is 1. The summed E-state index contributed by atoms with van der Waals surface area (Å²) in [6, 6.07) is 12.6. The van der Waals surface area contributed by atoms with Crippen molar-refractivity contribution < 1.29 is 13.9 Å². The molecule has 1 amide bonds. The van der Waals surface area contributed by atoms with Crippen LogP contribution >= 0.6 is 23.2 Å². The second-order valence-electron chi connectivity index (χ2n) is 6.91. The normalized spacial score (nSPS) is 11.6. The molecule has 166 valence electrons. The monoisotopic (exact) mass is 475 g/mol. The summed E-state index contributed by atoms with van der Waals surface area (Å²) in [4.78, 5) is 12.3. The predicted octanol–water partition coefficient (Wildman–Crippen LogP) is 4.29. The molecule has 3 rings (SSSR count). The van der Waals surface area contributed by atoms with Crippen molar-refractivity contribution in [3.05, 3.63) is 69.6 Å². The number of nitriles is 1. The van der Waals surface area contributed by atoms with Gasteiger partial charge in [0.1, 0.15) is 34.0 Å². The molecule has 32 heavy (non-hydrogen) atoms. The fraction of sp³-hybridized carbons (Fsp3) is 0.227. The van der Waals surface area contributed by atoms with E-state index in [9.17, 15) is 14.4 Å². The number of ether oxygens (including phenoxy) is 1. The quantitative estimate of drug-likeness (QED) is 0.472. The number of halogens is 3. The summed E-state index contributed by atoms with van der Waals surface area (Å²) in [6.45, 7) is 1.94. The van der Waals surface area contributed by atoms with E-state index in [1.54, 1.807) is 25.1 Å². The predicted molar refractivity (Wildman–Crippen MR) is 121 cm³/mol. The van der Waals surface area contributed by atoms with Crippen LogP contribution in [0.2, 0.25) is 10.0 Å². The molecule has 0 bridgehead atoms. The number of aromatic nitrogens is 2. The Morgan fingerprint density at radius 1 is 1.31 bits per heavy atom. The molecule has 0 saturated heterocycles. The number of aryl methyl sites for hydroxylation is 1. The summed E-state index contributed by atoms with van der Waals surface area (Å²) in [6.07, 6.45) is 0.149. The second-order valence-corrected chi connectivity index (χ2v) is 7.70. The van der Waals surface area contributed by atoms with Gasteiger partial charge in [0.15, 0.2) is 6.10 Å². The first-order chi connectivity index (χ1) is 15.3. The van der Waals surface area contributed by atoms with Gasteiger partial charge in [-0.15, -0.1) is 0 Å². The van der Waals surface area contributed by atoms with Gasteiger partial charge in [0.2, 0.25) is 0 Å². The molecule has 0 aliphatic heterocycles. The Morgan fingerprint density at radius 2 is 2.03 bits per heavy atom. The van der Waals surface area contributed by atoms with Crippen LogP contribution in [0.4, 0.5) is 10.2 Å². The van der Waals surface area contributed by atoms with Gasteiger partial charge >= 0.3 is 0 Å². The SMILES string of the molecule is CC(Oc1cccc(Cl)c1Cl)C(=O)NCCCc1nn(-c2ccc(F)cc2)c(N)c1C#N. The maximum Gasteiger partial charge on any atom is 0.260 e. The Bertz CT molecular complexity index is 1160. The van der Waals surface area contributed by atoms with E-state index in [4.69, 9.17) is 33.7 Å². The fourth-order valence-electron chi connectivity index (χ4n) is 2.98. The molecule has 0 fully saturated rings. The first-order valence-electron chi connectivity index (χ1n) is 9.73. The number of hydrogen-bond acceptors (Lipinski definition) is 5. The molecular weight excluding hydrogens is 456 g/mol. The lowest BCUT2D eigenvalue weighted by Gasteiger charge is -2.16. The number of anilines is 1. The van der Waals surface area contributed by atoms with E-state index >= 15 is 0 Å². The Hall–Kier alpha value is -3.28. The summed E-state index contributed by atoms with van der Waals surface area (Å²) < 4.78 is 20.2. The highest BCUT2D eigenvalue weighted by atomic mass is 35.5. The highest BCUT2D eigenvalue weighted by Crippen LogP contribution is 2.32. The van der Waals surface area contributed by atoms with Crippen molar-refractivity contribution in [2.45, 2.75) is 25.9 Å². The van der Waals surface area contributed by atoms with Crippen molar-refractivity contribution in [1.82, 2.24) is 15.1 Å². The minimum Gasteiger partial charge on any atom is -0.479 e. The number of carbonyl (C=O) groups is 1. The van der Waals surface area contributed by atoms with Crippen LogP contribution in [0.15, 0.2) is 42.5 Å². The van der Waals surface area contributed by atoms with Gasteiger partial charge in [0.05, 0.1) is 16.4 Å². The van der Waals surface area contributed by atoms with E-state index in [-0.39, 0.29) is 28.1 Å². The Balaban J connectivity index is 1.56. The molecule has 7 nitrogen and oxygen atoms in total. The molecular formula is C22H20Cl2FN5O2. The maximum atomic E-state index is 13.2. The molecule has 10 heteroatoms. The molecule has 3 aromatic rings. The van der Waals surface area contributed by atoms with Gasteiger partial charge in [0, 0.05) is 6.54 Å². The number of benzene rings is 2. The molecule has 0 radical (unpaired) electrons. The molecule has 1 unspecified atom stereocenters. The summed E-state index contributed by atoms with van der Waals surface area (Å²) in [5.74, 6) is -0.203. The number of nitrogens with one attached hydrogen (secondary N) is 1. The number of nitrogens with zero attached hydrogens (tertiary/aromatic N) is 3. The van der Waals surface area contributed by atoms with Crippen LogP contribution in [-0.2, 0) is 11.2 Å². The van der Waals surface area contributed by atoms with Crippen LogP contribution in [0.5, 0.6) is 5.75 Å². The largest absolute Gasteiger partial charge is 0.479 e. The lowest BCUT2D eigenvalue weighted by atomic mass is 10.1. The molecule has 2 aromatic carbocycles. The molecule has 0 aliphatic rings. The van der Waals surface area contributed by atoms with Gasteiger partial charge in [-0.25, -0.2) is 9.07 Å². The average molecular weight is 476 g/mol. The first-order valence-corrected chi connectivity index (χ1v) is 10.5. The van der Waals surface area contributed by atoms with Crippen molar-refractivity contribution in [3.63, 3.8) is 0 Å². The van der Waals surface area contributed by atoms with Crippen LogP contribution in [0.1, 0.15) is 24.6 Å². The van der Waals surface area contributed by atoms with Crippen molar-refractivity contribution >= 4 is 34.9 Å². The number of hydrogen-bond donors (Lipinski definition) is 2. The summed E-state index contributed by atoms with van der Waals surface area (Å²) in [5.41, 5.74) is 7.35. The van der Waals surface area contributed by atoms with Crippen molar-refractivity contribution in [2.24, 2.45) is 0 Å². The van der Waals surface area contributed by atoms with Crippen LogP contribution in [0, 0.1) is 17.1 Å². The zero-order valence-electron chi connectivity index (χ0n) is 17.1. The third-order valence-electron chi connectivity index (χ3n) is 4.66. The lowest BCUT2D eigenvalue weighted by Crippen LogP contribution is -2.37. The van der Waals surface area contributed by atoms with Crippen molar-refractivity contribution in [1.29, 1.82) is 5.26 Å². The second kappa shape index (κ2) is 10.4. The minimum atomic E-state index is -0.783. The van der Waals surface area contributed by atoms with E-state index in [1.807, 2.05) is 0 Å². The molecule has 0 aliphatic carbocycles. The summed E-state index contributed by atoms with van der Waals surface area (Å²) >= 11 is 12.0. The third kappa shape index (κ3) is 5.31. The highest BCUT2D eigenvalue weighted by Gasteiger charge is 2.18. The number of nitrogens with two attached hydrogens (primary N) is 1. The smallest absolute Gasteiger partial charge is 0.260 e. The Labute approximate surface area is 194 Å².